The van der Waals surface area contributed by atoms with Crippen LogP contribution < -0.4 is 4.90 Å². The molecule has 0 radical (unpaired) electrons. The molecule has 0 saturated heterocycles. The Balaban J connectivity index is 2.20. The van der Waals surface area contributed by atoms with Crippen molar-refractivity contribution in [3.05, 3.63) is 65.9 Å². The third-order valence-corrected chi connectivity index (χ3v) is 3.92. The van der Waals surface area contributed by atoms with E-state index < -0.39 is 11.7 Å². The Morgan fingerprint density at radius 1 is 1.00 bits per heavy atom. The van der Waals surface area contributed by atoms with E-state index in [-0.39, 0.29) is 0 Å². The van der Waals surface area contributed by atoms with Crippen LogP contribution in [-0.2, 0) is 6.18 Å². The molecule has 5 heteroatoms. The number of nitrogens with zero attached hydrogens (tertiary/aromatic N) is 2. The summed E-state index contributed by atoms with van der Waals surface area (Å²) in [4.78, 5) is 6.37. The molecule has 0 unspecified atom stereocenters. The lowest BCUT2D eigenvalue weighted by Gasteiger charge is -2.25. The molecule has 0 N–H and O–H groups in total. The minimum absolute atomic E-state index is 0.356. The third kappa shape index (κ3) is 3.07. The summed E-state index contributed by atoms with van der Waals surface area (Å²) in [5.41, 5.74) is 2.22. The Morgan fingerprint density at radius 2 is 1.71 bits per heavy atom. The Hall–Kier alpha value is -2.56. The number of anilines is 2. The maximum Gasteiger partial charge on any atom is 0.416 e. The molecule has 2 nitrogen and oxygen atoms in total. The summed E-state index contributed by atoms with van der Waals surface area (Å²) in [6.07, 6.45) is -4.37. The molecule has 124 valence electrons. The van der Waals surface area contributed by atoms with E-state index in [1.165, 1.54) is 6.07 Å². The van der Waals surface area contributed by atoms with Crippen LogP contribution >= 0.6 is 0 Å². The fourth-order valence-corrected chi connectivity index (χ4v) is 2.84. The highest BCUT2D eigenvalue weighted by Crippen LogP contribution is 2.36. The number of pyridine rings is 1. The van der Waals surface area contributed by atoms with Gasteiger partial charge < -0.3 is 4.90 Å². The van der Waals surface area contributed by atoms with Gasteiger partial charge in [0, 0.05) is 23.3 Å². The lowest BCUT2D eigenvalue weighted by atomic mass is 10.1. The van der Waals surface area contributed by atoms with E-state index in [1.54, 1.807) is 6.92 Å². The number of hydrogen-bond acceptors (Lipinski definition) is 2. The van der Waals surface area contributed by atoms with Gasteiger partial charge in [-0.25, -0.2) is 0 Å². The van der Waals surface area contributed by atoms with Crippen LogP contribution in [0.15, 0.2) is 54.6 Å². The van der Waals surface area contributed by atoms with Crippen LogP contribution in [0.3, 0.4) is 0 Å². The van der Waals surface area contributed by atoms with Crippen molar-refractivity contribution in [3.63, 3.8) is 0 Å². The molecular weight excluding hydrogens is 313 g/mol. The van der Waals surface area contributed by atoms with E-state index in [1.807, 2.05) is 43.3 Å². The zero-order chi connectivity index (χ0) is 17.3. The number of rotatable bonds is 3. The summed E-state index contributed by atoms with van der Waals surface area (Å²) in [6, 6.07) is 15.4. The molecule has 1 heterocycles. The van der Waals surface area contributed by atoms with Crippen molar-refractivity contribution in [2.24, 2.45) is 0 Å². The molecule has 24 heavy (non-hydrogen) atoms. The van der Waals surface area contributed by atoms with Gasteiger partial charge in [0.05, 0.1) is 16.8 Å². The second-order valence-electron chi connectivity index (χ2n) is 5.59. The molecule has 0 fully saturated rings. The minimum Gasteiger partial charge on any atom is -0.341 e. The van der Waals surface area contributed by atoms with Gasteiger partial charge in [0.2, 0.25) is 0 Å². The van der Waals surface area contributed by atoms with Gasteiger partial charge in [-0.1, -0.05) is 24.3 Å². The average Bonchev–Trinajstić information content (AvgIpc) is 2.55. The van der Waals surface area contributed by atoms with Gasteiger partial charge in [-0.05, 0) is 44.2 Å². The highest BCUT2D eigenvalue weighted by Gasteiger charge is 2.31. The van der Waals surface area contributed by atoms with Gasteiger partial charge in [-0.3, -0.25) is 4.98 Å². The van der Waals surface area contributed by atoms with E-state index in [0.29, 0.717) is 23.1 Å². The maximum atomic E-state index is 13.0. The fourth-order valence-electron chi connectivity index (χ4n) is 2.84. The number of para-hydroxylation sites is 1. The number of fused-ring (bicyclic) bond motifs is 1. The number of hydrogen-bond donors (Lipinski definition) is 0. The molecule has 0 amide bonds. The number of alkyl halides is 3. The predicted molar refractivity (Wildman–Crippen MR) is 90.6 cm³/mol. The van der Waals surface area contributed by atoms with Gasteiger partial charge in [0.1, 0.15) is 0 Å². The second-order valence-corrected chi connectivity index (χ2v) is 5.59. The Morgan fingerprint density at radius 3 is 2.33 bits per heavy atom. The standard InChI is InChI=1S/C19H17F3N2/c1-3-24(15-7-5-4-6-8-15)18-11-13(2)23-17-12-14(19(20,21)22)9-10-16(17)18/h4-12H,3H2,1-2H3. The Labute approximate surface area is 138 Å². The van der Waals surface area contributed by atoms with Crippen molar-refractivity contribution in [1.82, 2.24) is 4.98 Å². The molecular formula is C19H17F3N2. The van der Waals surface area contributed by atoms with Crippen LogP contribution in [0.5, 0.6) is 0 Å². The molecule has 3 aromatic rings. The van der Waals surface area contributed by atoms with Crippen LogP contribution in [0.1, 0.15) is 18.2 Å². The van der Waals surface area contributed by atoms with Crippen LogP contribution in [0.4, 0.5) is 24.5 Å². The first kappa shape index (κ1) is 16.3. The van der Waals surface area contributed by atoms with Crippen LogP contribution in [0.25, 0.3) is 10.9 Å². The third-order valence-electron chi connectivity index (χ3n) is 3.92. The van der Waals surface area contributed by atoms with Crippen molar-refractivity contribution in [1.29, 1.82) is 0 Å². The minimum atomic E-state index is -4.37. The van der Waals surface area contributed by atoms with Crippen molar-refractivity contribution < 1.29 is 13.2 Å². The summed E-state index contributed by atoms with van der Waals surface area (Å²) in [7, 11) is 0. The number of aryl methyl sites for hydroxylation is 1. The Kier molecular flexibility index (Phi) is 4.18. The molecule has 0 atom stereocenters. The van der Waals surface area contributed by atoms with Crippen molar-refractivity contribution >= 4 is 22.3 Å². The summed E-state index contributed by atoms with van der Waals surface area (Å²) in [5, 5.41) is 0.708. The predicted octanol–water partition coefficient (Wildman–Crippen LogP) is 5.72. The van der Waals surface area contributed by atoms with Crippen LogP contribution in [0, 0.1) is 6.92 Å². The van der Waals surface area contributed by atoms with E-state index in [2.05, 4.69) is 9.88 Å². The average molecular weight is 330 g/mol. The highest BCUT2D eigenvalue weighted by atomic mass is 19.4. The first-order chi connectivity index (χ1) is 11.4. The first-order valence-corrected chi connectivity index (χ1v) is 7.71. The monoisotopic (exact) mass is 330 g/mol. The maximum absolute atomic E-state index is 13.0. The van der Waals surface area contributed by atoms with Gasteiger partial charge in [-0.2, -0.15) is 13.2 Å². The molecule has 2 aromatic carbocycles. The van der Waals surface area contributed by atoms with E-state index in [4.69, 9.17) is 0 Å². The zero-order valence-electron chi connectivity index (χ0n) is 13.4. The van der Waals surface area contributed by atoms with Gasteiger partial charge in [0.15, 0.2) is 0 Å². The summed E-state index contributed by atoms with van der Waals surface area (Å²) >= 11 is 0. The van der Waals surface area contributed by atoms with Gasteiger partial charge in [-0.15, -0.1) is 0 Å². The van der Waals surface area contributed by atoms with E-state index in [9.17, 15) is 13.2 Å². The van der Waals surface area contributed by atoms with Gasteiger partial charge in [0.25, 0.3) is 0 Å². The zero-order valence-corrected chi connectivity index (χ0v) is 13.4. The number of halogens is 3. The van der Waals surface area contributed by atoms with Crippen molar-refractivity contribution in [3.8, 4) is 0 Å². The van der Waals surface area contributed by atoms with Crippen LogP contribution in [-0.4, -0.2) is 11.5 Å². The lowest BCUT2D eigenvalue weighted by Crippen LogP contribution is -2.17. The largest absolute Gasteiger partial charge is 0.416 e. The molecule has 0 aliphatic rings. The molecule has 0 saturated carbocycles. The molecule has 0 spiro atoms. The summed E-state index contributed by atoms with van der Waals surface area (Å²) in [6.45, 7) is 4.50. The van der Waals surface area contributed by atoms with E-state index >= 15 is 0 Å². The number of aromatic nitrogens is 1. The van der Waals surface area contributed by atoms with Crippen molar-refractivity contribution in [2.45, 2.75) is 20.0 Å². The molecule has 1 aromatic heterocycles. The quantitative estimate of drug-likeness (QED) is 0.610. The SMILES string of the molecule is CCN(c1ccccc1)c1cc(C)nc2cc(C(F)(F)F)ccc12. The smallest absolute Gasteiger partial charge is 0.341 e. The fraction of sp³-hybridized carbons (Fsp3) is 0.211. The molecule has 0 aliphatic carbocycles. The topological polar surface area (TPSA) is 16.1 Å². The molecule has 3 rings (SSSR count). The summed E-state index contributed by atoms with van der Waals surface area (Å²) in [5.74, 6) is 0. The molecule has 0 bridgehead atoms. The first-order valence-electron chi connectivity index (χ1n) is 7.71. The van der Waals surface area contributed by atoms with E-state index in [0.717, 1.165) is 23.5 Å². The second kappa shape index (κ2) is 6.15. The Bertz CT molecular complexity index is 858. The van der Waals surface area contributed by atoms with Crippen molar-refractivity contribution in [2.75, 3.05) is 11.4 Å². The normalized spacial score (nSPS) is 11.7. The number of benzene rings is 2. The van der Waals surface area contributed by atoms with Crippen LogP contribution in [0.2, 0.25) is 0 Å². The molecule has 0 aliphatic heterocycles. The summed E-state index contributed by atoms with van der Waals surface area (Å²) < 4.78 is 38.9. The highest BCUT2D eigenvalue weighted by molar-refractivity contribution is 5.94. The van der Waals surface area contributed by atoms with Gasteiger partial charge >= 0.3 is 6.18 Å². The lowest BCUT2D eigenvalue weighted by molar-refractivity contribution is -0.137.